The highest BCUT2D eigenvalue weighted by Gasteiger charge is 2.43. The predicted molar refractivity (Wildman–Crippen MR) is 67.8 cm³/mol. The van der Waals surface area contributed by atoms with Gasteiger partial charge < -0.3 is 5.11 Å². The molecule has 0 aromatic carbocycles. The Labute approximate surface area is 113 Å². The van der Waals surface area contributed by atoms with Crippen molar-refractivity contribution in [1.29, 1.82) is 0 Å². The van der Waals surface area contributed by atoms with Gasteiger partial charge in [0.1, 0.15) is 0 Å². The van der Waals surface area contributed by atoms with E-state index in [1.54, 1.807) is 4.90 Å². The molecule has 0 radical (unpaired) electrons. The third-order valence-electron chi connectivity index (χ3n) is 4.65. The van der Waals surface area contributed by atoms with Crippen LogP contribution in [0, 0.1) is 11.3 Å². The van der Waals surface area contributed by atoms with Crippen molar-refractivity contribution in [3.8, 4) is 0 Å². The van der Waals surface area contributed by atoms with Crippen LogP contribution in [-0.4, -0.2) is 41.9 Å². The molecule has 0 aromatic rings. The first kappa shape index (κ1) is 15.1. The maximum atomic E-state index is 12.6. The van der Waals surface area contributed by atoms with Gasteiger partial charge in [0.2, 0.25) is 0 Å². The molecule has 2 nitrogen and oxygen atoms in total. The molecule has 5 heteroatoms. The molecule has 0 saturated heterocycles. The molecule has 2 aliphatic carbocycles. The third-order valence-corrected chi connectivity index (χ3v) is 4.65. The van der Waals surface area contributed by atoms with Crippen molar-refractivity contribution in [2.24, 2.45) is 11.3 Å². The molecular weight excluding hydrogens is 255 g/mol. The van der Waals surface area contributed by atoms with Crippen molar-refractivity contribution < 1.29 is 18.3 Å². The van der Waals surface area contributed by atoms with Crippen LogP contribution in [0.4, 0.5) is 13.2 Å². The highest BCUT2D eigenvalue weighted by atomic mass is 19.4. The first-order chi connectivity index (χ1) is 8.84. The Morgan fingerprint density at radius 1 is 1.16 bits per heavy atom. The van der Waals surface area contributed by atoms with Crippen LogP contribution in [0.15, 0.2) is 0 Å². The van der Waals surface area contributed by atoms with Crippen molar-refractivity contribution in [2.75, 3.05) is 19.7 Å². The fourth-order valence-corrected chi connectivity index (χ4v) is 3.16. The van der Waals surface area contributed by atoms with Crippen LogP contribution in [-0.2, 0) is 0 Å². The molecule has 0 heterocycles. The van der Waals surface area contributed by atoms with Crippen LogP contribution in [0.1, 0.15) is 45.4 Å². The number of nitrogens with zero attached hydrogens (tertiary/aromatic N) is 1. The lowest BCUT2D eigenvalue weighted by Crippen LogP contribution is -2.46. The van der Waals surface area contributed by atoms with Crippen LogP contribution in [0.2, 0.25) is 0 Å². The number of alkyl halides is 3. The first-order valence-electron chi connectivity index (χ1n) is 7.25. The summed E-state index contributed by atoms with van der Waals surface area (Å²) in [7, 11) is 0. The number of halogens is 3. The fraction of sp³-hybridized carbons (Fsp3) is 1.00. The van der Waals surface area contributed by atoms with Gasteiger partial charge in [0.15, 0.2) is 0 Å². The van der Waals surface area contributed by atoms with E-state index in [0.717, 1.165) is 38.5 Å². The normalized spacial score (nSPS) is 32.8. The van der Waals surface area contributed by atoms with Gasteiger partial charge in [-0.1, -0.05) is 19.8 Å². The summed E-state index contributed by atoms with van der Waals surface area (Å²) in [5.74, 6) is 0.636. The van der Waals surface area contributed by atoms with Crippen molar-refractivity contribution in [3.05, 3.63) is 0 Å². The molecule has 0 bridgehead atoms. The van der Waals surface area contributed by atoms with E-state index in [9.17, 15) is 18.3 Å². The van der Waals surface area contributed by atoms with Crippen LogP contribution in [0.3, 0.4) is 0 Å². The second kappa shape index (κ2) is 5.60. The van der Waals surface area contributed by atoms with Crippen LogP contribution < -0.4 is 0 Å². The number of aliphatic hydroxyl groups excluding tert-OH is 1. The zero-order chi connectivity index (χ0) is 14.1. The molecule has 0 unspecified atom stereocenters. The highest BCUT2D eigenvalue weighted by Crippen LogP contribution is 2.41. The molecule has 0 aliphatic heterocycles. The Balaban J connectivity index is 1.98. The molecule has 0 aromatic heterocycles. The van der Waals surface area contributed by atoms with E-state index >= 15 is 0 Å². The standard InChI is InChI=1S/C14H24F3NO/c1-11-4-6-13(10-19,7-5-11)8-18(12-2-3-12)9-14(15,16)17/h11-12,19H,2-10H2,1H3. The minimum Gasteiger partial charge on any atom is -0.396 e. The van der Waals surface area contributed by atoms with Crippen LogP contribution >= 0.6 is 0 Å². The second-order valence-corrected chi connectivity index (χ2v) is 6.59. The second-order valence-electron chi connectivity index (χ2n) is 6.59. The van der Waals surface area contributed by atoms with Gasteiger partial charge in [-0.25, -0.2) is 0 Å². The summed E-state index contributed by atoms with van der Waals surface area (Å²) in [4.78, 5) is 1.56. The van der Waals surface area contributed by atoms with Crippen molar-refractivity contribution in [2.45, 2.75) is 57.7 Å². The summed E-state index contributed by atoms with van der Waals surface area (Å²) in [6.45, 7) is 1.77. The first-order valence-corrected chi connectivity index (χ1v) is 7.25. The van der Waals surface area contributed by atoms with E-state index in [1.807, 2.05) is 0 Å². The Morgan fingerprint density at radius 2 is 1.74 bits per heavy atom. The SMILES string of the molecule is CC1CCC(CO)(CN(CC(F)(F)F)C2CC2)CC1. The summed E-state index contributed by atoms with van der Waals surface area (Å²) in [6.07, 6.45) is 1.34. The Morgan fingerprint density at radius 3 is 2.16 bits per heavy atom. The van der Waals surface area contributed by atoms with Gasteiger partial charge in [0.25, 0.3) is 0 Å². The van der Waals surface area contributed by atoms with Gasteiger partial charge >= 0.3 is 6.18 Å². The molecule has 1 N–H and O–H groups in total. The average Bonchev–Trinajstić information content (AvgIpc) is 3.14. The van der Waals surface area contributed by atoms with Gasteiger partial charge in [-0.3, -0.25) is 4.90 Å². The minimum absolute atomic E-state index is 0.0147. The van der Waals surface area contributed by atoms with E-state index in [2.05, 4.69) is 6.92 Å². The zero-order valence-corrected chi connectivity index (χ0v) is 11.5. The topological polar surface area (TPSA) is 23.5 Å². The van der Waals surface area contributed by atoms with Gasteiger partial charge in [-0.2, -0.15) is 13.2 Å². The van der Waals surface area contributed by atoms with Gasteiger partial charge in [0.05, 0.1) is 6.54 Å². The monoisotopic (exact) mass is 279 g/mol. The summed E-state index contributed by atoms with van der Waals surface area (Å²) in [5, 5.41) is 9.67. The smallest absolute Gasteiger partial charge is 0.396 e. The van der Waals surface area contributed by atoms with Crippen LogP contribution in [0.25, 0.3) is 0 Å². The van der Waals surface area contributed by atoms with E-state index in [0.29, 0.717) is 12.5 Å². The molecule has 112 valence electrons. The number of hydrogen-bond donors (Lipinski definition) is 1. The summed E-state index contributed by atoms with van der Waals surface area (Å²) in [6, 6.07) is 0.0874. The molecule has 2 rings (SSSR count). The molecule has 0 spiro atoms. The number of aliphatic hydroxyl groups is 1. The lowest BCUT2D eigenvalue weighted by molar-refractivity contribution is -0.152. The molecular formula is C14H24F3NO. The highest BCUT2D eigenvalue weighted by molar-refractivity contribution is 4.93. The Kier molecular flexibility index (Phi) is 4.45. The van der Waals surface area contributed by atoms with Gasteiger partial charge in [-0.15, -0.1) is 0 Å². The van der Waals surface area contributed by atoms with Crippen LogP contribution in [0.5, 0.6) is 0 Å². The Hall–Kier alpha value is -0.290. The lowest BCUT2D eigenvalue weighted by Gasteiger charge is -2.42. The maximum Gasteiger partial charge on any atom is 0.401 e. The Bertz CT molecular complexity index is 294. The van der Waals surface area contributed by atoms with E-state index < -0.39 is 12.7 Å². The van der Waals surface area contributed by atoms with E-state index in [1.165, 1.54) is 0 Å². The molecule has 2 saturated carbocycles. The van der Waals surface area contributed by atoms with Crippen molar-refractivity contribution in [3.63, 3.8) is 0 Å². The van der Waals surface area contributed by atoms with Gasteiger partial charge in [-0.05, 0) is 31.6 Å². The summed E-state index contributed by atoms with van der Waals surface area (Å²) < 4.78 is 37.9. The molecule has 2 fully saturated rings. The largest absolute Gasteiger partial charge is 0.401 e. The van der Waals surface area contributed by atoms with Crippen molar-refractivity contribution >= 4 is 0 Å². The van der Waals surface area contributed by atoms with Crippen molar-refractivity contribution in [1.82, 2.24) is 4.90 Å². The molecule has 0 amide bonds. The van der Waals surface area contributed by atoms with E-state index in [-0.39, 0.29) is 18.1 Å². The third kappa shape index (κ3) is 4.35. The average molecular weight is 279 g/mol. The fourth-order valence-electron chi connectivity index (χ4n) is 3.16. The minimum atomic E-state index is -4.14. The lowest BCUT2D eigenvalue weighted by atomic mass is 9.71. The quantitative estimate of drug-likeness (QED) is 0.835. The van der Waals surface area contributed by atoms with E-state index in [4.69, 9.17) is 0 Å². The predicted octanol–water partition coefficient (Wildman–Crippen LogP) is 3.20. The molecule has 2 aliphatic rings. The maximum absolute atomic E-state index is 12.6. The number of hydrogen-bond acceptors (Lipinski definition) is 2. The number of rotatable bonds is 5. The molecule has 19 heavy (non-hydrogen) atoms. The zero-order valence-electron chi connectivity index (χ0n) is 11.5. The summed E-state index contributed by atoms with van der Waals surface area (Å²) in [5.41, 5.74) is -0.305. The molecule has 0 atom stereocenters. The van der Waals surface area contributed by atoms with Gasteiger partial charge in [0, 0.05) is 24.6 Å². The summed E-state index contributed by atoms with van der Waals surface area (Å²) >= 11 is 0.